The van der Waals surface area contributed by atoms with E-state index < -0.39 is 11.6 Å². The lowest BCUT2D eigenvalue weighted by Gasteiger charge is -2.34. The lowest BCUT2D eigenvalue weighted by Crippen LogP contribution is -2.51. The highest BCUT2D eigenvalue weighted by molar-refractivity contribution is 6.03. The molecule has 0 amide bonds. The summed E-state index contributed by atoms with van der Waals surface area (Å²) in [5, 5.41) is 5.45. The number of terminal acetylenes is 1. The molecule has 0 aliphatic carbocycles. The predicted octanol–water partition coefficient (Wildman–Crippen LogP) is 5.59. The van der Waals surface area contributed by atoms with E-state index in [1.165, 1.54) is 18.9 Å². The third-order valence-corrected chi connectivity index (χ3v) is 10.1. The van der Waals surface area contributed by atoms with Gasteiger partial charge in [0.05, 0.1) is 25.4 Å². The summed E-state index contributed by atoms with van der Waals surface area (Å²) in [5.74, 6) is 1.81. The third-order valence-electron chi connectivity index (χ3n) is 10.1. The lowest BCUT2D eigenvalue weighted by atomic mass is 9.91. The third kappa shape index (κ3) is 5.09. The van der Waals surface area contributed by atoms with Crippen molar-refractivity contribution in [1.29, 1.82) is 0 Å². The second kappa shape index (κ2) is 11.5. The lowest BCUT2D eigenvalue weighted by molar-refractivity contribution is -0.0161. The van der Waals surface area contributed by atoms with Gasteiger partial charge in [-0.05, 0) is 67.7 Å². The summed E-state index contributed by atoms with van der Waals surface area (Å²) in [6.07, 6.45) is 11.1. The molecule has 4 saturated heterocycles. The second-order valence-electron chi connectivity index (χ2n) is 13.0. The molecule has 4 aliphatic heterocycles. The highest BCUT2D eigenvalue weighted by Gasteiger charge is 2.37. The minimum atomic E-state index is -0.736. The van der Waals surface area contributed by atoms with Crippen LogP contribution in [0.4, 0.5) is 14.6 Å². The number of ether oxygens (including phenoxy) is 2. The molecule has 7 nitrogen and oxygen atoms in total. The first-order chi connectivity index (χ1) is 22.0. The fourth-order valence-corrected chi connectivity index (χ4v) is 8.07. The van der Waals surface area contributed by atoms with Crippen LogP contribution in [0.5, 0.6) is 6.01 Å². The summed E-state index contributed by atoms with van der Waals surface area (Å²) < 4.78 is 45.0. The van der Waals surface area contributed by atoms with Gasteiger partial charge in [0.1, 0.15) is 17.2 Å². The van der Waals surface area contributed by atoms with Gasteiger partial charge in [-0.1, -0.05) is 30.2 Å². The molecule has 8 rings (SSSR count). The van der Waals surface area contributed by atoms with Crippen LogP contribution >= 0.6 is 0 Å². The van der Waals surface area contributed by atoms with E-state index in [0.29, 0.717) is 71.6 Å². The van der Waals surface area contributed by atoms with Gasteiger partial charge in [0, 0.05) is 60.1 Å². The Morgan fingerprint density at radius 1 is 1.04 bits per heavy atom. The Morgan fingerprint density at radius 3 is 2.58 bits per heavy atom. The summed E-state index contributed by atoms with van der Waals surface area (Å²) in [6, 6.07) is 12.4. The van der Waals surface area contributed by atoms with Crippen molar-refractivity contribution in [3.63, 3.8) is 0 Å². The molecule has 4 atom stereocenters. The van der Waals surface area contributed by atoms with Crippen molar-refractivity contribution in [2.45, 2.75) is 63.2 Å². The summed E-state index contributed by atoms with van der Waals surface area (Å²) in [5.41, 5.74) is 1.79. The van der Waals surface area contributed by atoms with Gasteiger partial charge in [-0.15, -0.1) is 6.42 Å². The maximum Gasteiger partial charge on any atom is 0.319 e. The first-order valence-electron chi connectivity index (χ1n) is 16.1. The van der Waals surface area contributed by atoms with Crippen LogP contribution in [-0.4, -0.2) is 78.5 Å². The van der Waals surface area contributed by atoms with Crippen LogP contribution < -0.4 is 15.0 Å². The quantitative estimate of drug-likeness (QED) is 0.217. The molecule has 0 saturated carbocycles. The maximum absolute atomic E-state index is 16.8. The number of aromatic nitrogens is 2. The van der Waals surface area contributed by atoms with Crippen LogP contribution in [0.15, 0.2) is 36.4 Å². The molecule has 4 bridgehead atoms. The molecule has 9 heteroatoms. The molecular weight excluding hydrogens is 572 g/mol. The van der Waals surface area contributed by atoms with E-state index in [4.69, 9.17) is 20.9 Å². The van der Waals surface area contributed by atoms with Gasteiger partial charge in [0.2, 0.25) is 0 Å². The van der Waals surface area contributed by atoms with Crippen LogP contribution in [0.3, 0.4) is 0 Å². The Bertz CT molecular complexity index is 1810. The zero-order chi connectivity index (χ0) is 30.7. The van der Waals surface area contributed by atoms with Crippen LogP contribution in [0, 0.1) is 30.9 Å². The molecule has 1 N–H and O–H groups in total. The first-order valence-corrected chi connectivity index (χ1v) is 16.1. The molecule has 4 aromatic rings. The van der Waals surface area contributed by atoms with Crippen molar-refractivity contribution in [3.05, 3.63) is 59.2 Å². The number of fused-ring (bicyclic) bond motifs is 6. The Hall–Kier alpha value is -3.84. The van der Waals surface area contributed by atoms with Gasteiger partial charge in [-0.2, -0.15) is 9.97 Å². The highest BCUT2D eigenvalue weighted by atomic mass is 19.1. The number of hydrogen-bond acceptors (Lipinski definition) is 7. The molecule has 0 spiro atoms. The predicted molar refractivity (Wildman–Crippen MR) is 172 cm³/mol. The molecule has 45 heavy (non-hydrogen) atoms. The number of aryl methyl sites for hydroxylation is 1. The molecule has 3 aromatic carbocycles. The van der Waals surface area contributed by atoms with Crippen molar-refractivity contribution in [3.8, 4) is 29.5 Å². The van der Waals surface area contributed by atoms with Gasteiger partial charge in [0.25, 0.3) is 0 Å². The van der Waals surface area contributed by atoms with E-state index in [2.05, 4.69) is 26.0 Å². The molecule has 5 heterocycles. The number of morpholine rings is 1. The molecule has 0 radical (unpaired) electrons. The average Bonchev–Trinajstić information content (AvgIpc) is 3.48. The largest absolute Gasteiger partial charge is 0.463 e. The highest BCUT2D eigenvalue weighted by Crippen LogP contribution is 2.40. The summed E-state index contributed by atoms with van der Waals surface area (Å²) in [4.78, 5) is 14.1. The fraction of sp³-hybridized carbons (Fsp3) is 0.444. The van der Waals surface area contributed by atoms with Crippen molar-refractivity contribution in [2.24, 2.45) is 0 Å². The number of hydrogen-bond donors (Lipinski definition) is 1. The van der Waals surface area contributed by atoms with E-state index in [-0.39, 0.29) is 17.1 Å². The van der Waals surface area contributed by atoms with Crippen LogP contribution in [0.1, 0.15) is 43.2 Å². The monoisotopic (exact) mass is 609 g/mol. The molecule has 4 unspecified atom stereocenters. The summed E-state index contributed by atoms with van der Waals surface area (Å²) >= 11 is 0. The number of anilines is 1. The van der Waals surface area contributed by atoms with Gasteiger partial charge in [0.15, 0.2) is 5.82 Å². The number of halogens is 2. The van der Waals surface area contributed by atoms with Crippen LogP contribution in [0.25, 0.3) is 32.8 Å². The Balaban J connectivity index is 1.19. The van der Waals surface area contributed by atoms with Crippen LogP contribution in [-0.2, 0) is 4.74 Å². The normalized spacial score (nSPS) is 24.4. The molecule has 4 fully saturated rings. The maximum atomic E-state index is 16.8. The molecule has 1 aromatic heterocycles. The van der Waals surface area contributed by atoms with E-state index in [1.54, 1.807) is 12.1 Å². The smallest absolute Gasteiger partial charge is 0.319 e. The fourth-order valence-electron chi connectivity index (χ4n) is 8.07. The van der Waals surface area contributed by atoms with Crippen molar-refractivity contribution in [1.82, 2.24) is 20.2 Å². The zero-order valence-electron chi connectivity index (χ0n) is 25.5. The van der Waals surface area contributed by atoms with Gasteiger partial charge >= 0.3 is 6.01 Å². The SMILES string of the molecule is C#Cc1cccc2cc(C)cc(-c3c(F)cc4c(N5CC6CCC(C5)N6)nc(OCCCN5C6CCC5COC6)nc4c3F)c12. The zero-order valence-corrected chi connectivity index (χ0v) is 25.5. The second-order valence-corrected chi connectivity index (χ2v) is 13.0. The minimum Gasteiger partial charge on any atom is -0.463 e. The Labute approximate surface area is 261 Å². The van der Waals surface area contributed by atoms with Crippen molar-refractivity contribution in [2.75, 3.05) is 44.4 Å². The van der Waals surface area contributed by atoms with Crippen LogP contribution in [0.2, 0.25) is 0 Å². The molecular formula is C36H37F2N5O2. The summed E-state index contributed by atoms with van der Waals surface area (Å²) in [7, 11) is 0. The van der Waals surface area contributed by atoms with Crippen molar-refractivity contribution >= 4 is 27.5 Å². The number of piperazine rings is 1. The van der Waals surface area contributed by atoms with E-state index in [1.807, 2.05) is 25.1 Å². The topological polar surface area (TPSA) is 62.8 Å². The standard InChI is InChI=1S/C36H37F2N5O2/c1-3-22-6-4-7-23-14-21(2)15-28(31(22)23)32-30(37)16-29-34(33(32)38)40-36(41-35(29)42-17-24-8-9-25(18-42)39-24)45-13-5-12-43-26-10-11-27(43)20-44-19-26/h1,4,6-7,14-16,24-27,39H,5,8-13,17-20H2,2H3. The number of nitrogens with one attached hydrogen (secondary N) is 1. The Morgan fingerprint density at radius 2 is 1.82 bits per heavy atom. The molecule has 232 valence electrons. The number of nitrogens with zero attached hydrogens (tertiary/aromatic N) is 4. The molecule has 4 aliphatic rings. The first kappa shape index (κ1) is 28.6. The van der Waals surface area contributed by atoms with Crippen molar-refractivity contribution < 1.29 is 18.3 Å². The van der Waals surface area contributed by atoms with Gasteiger partial charge in [-0.3, -0.25) is 4.90 Å². The summed E-state index contributed by atoms with van der Waals surface area (Å²) in [6.45, 7) is 6.22. The average molecular weight is 610 g/mol. The van der Waals surface area contributed by atoms with E-state index >= 15 is 8.78 Å². The number of benzene rings is 3. The van der Waals surface area contributed by atoms with Gasteiger partial charge in [-0.25, -0.2) is 8.78 Å². The van der Waals surface area contributed by atoms with E-state index in [0.717, 1.165) is 50.0 Å². The Kier molecular flexibility index (Phi) is 7.32. The van der Waals surface area contributed by atoms with E-state index in [9.17, 15) is 0 Å². The number of rotatable bonds is 7. The minimum absolute atomic E-state index is 0.0522. The van der Waals surface area contributed by atoms with Gasteiger partial charge < -0.3 is 19.7 Å².